The van der Waals surface area contributed by atoms with Crippen LogP contribution >= 0.6 is 0 Å². The molecule has 1 unspecified atom stereocenters. The van der Waals surface area contributed by atoms with Gasteiger partial charge >= 0.3 is 6.18 Å². The minimum atomic E-state index is -4.73. The number of hydrogen-bond acceptors (Lipinski definition) is 4. The van der Waals surface area contributed by atoms with Crippen LogP contribution in [0.4, 0.5) is 18.9 Å². The van der Waals surface area contributed by atoms with Crippen molar-refractivity contribution in [3.8, 4) is 0 Å². The zero-order valence-electron chi connectivity index (χ0n) is 24.2. The molecule has 1 atom stereocenters. The number of hydrogen-bond donors (Lipinski definition) is 1. The van der Waals surface area contributed by atoms with Crippen LogP contribution in [0.25, 0.3) is 0 Å². The fourth-order valence-electron chi connectivity index (χ4n) is 5.17. The highest BCUT2D eigenvalue weighted by Gasteiger charge is 2.35. The van der Waals surface area contributed by atoms with Gasteiger partial charge in [-0.25, -0.2) is 8.42 Å². The third-order valence-electron chi connectivity index (χ3n) is 7.70. The van der Waals surface area contributed by atoms with Gasteiger partial charge in [0.2, 0.25) is 11.8 Å². The second-order valence-corrected chi connectivity index (χ2v) is 12.7. The fourth-order valence-corrected chi connectivity index (χ4v) is 6.57. The Morgan fingerprint density at radius 2 is 1.60 bits per heavy atom. The highest BCUT2D eigenvalue weighted by atomic mass is 32.2. The van der Waals surface area contributed by atoms with Gasteiger partial charge in [0, 0.05) is 12.6 Å². The molecule has 0 aliphatic heterocycles. The summed E-state index contributed by atoms with van der Waals surface area (Å²) >= 11 is 0. The van der Waals surface area contributed by atoms with Crippen LogP contribution in [0.15, 0.2) is 83.8 Å². The molecule has 1 saturated carbocycles. The van der Waals surface area contributed by atoms with E-state index in [2.05, 4.69) is 5.32 Å². The van der Waals surface area contributed by atoms with Gasteiger partial charge in [-0.15, -0.1) is 0 Å². The molecule has 11 heteroatoms. The van der Waals surface area contributed by atoms with Crippen LogP contribution < -0.4 is 9.62 Å². The third-order valence-corrected chi connectivity index (χ3v) is 9.49. The summed E-state index contributed by atoms with van der Waals surface area (Å²) in [5.41, 5.74) is 0.335. The van der Waals surface area contributed by atoms with Crippen molar-refractivity contribution in [2.24, 2.45) is 0 Å². The van der Waals surface area contributed by atoms with Crippen LogP contribution in [0.2, 0.25) is 0 Å². The zero-order chi connectivity index (χ0) is 31.2. The van der Waals surface area contributed by atoms with E-state index >= 15 is 0 Å². The Hall–Kier alpha value is -3.86. The van der Waals surface area contributed by atoms with Crippen LogP contribution in [-0.4, -0.2) is 50.3 Å². The van der Waals surface area contributed by atoms with E-state index in [9.17, 15) is 31.2 Å². The maximum Gasteiger partial charge on any atom is 0.416 e. The Bertz CT molecular complexity index is 1510. The average molecular weight is 616 g/mol. The maximum absolute atomic E-state index is 14.0. The van der Waals surface area contributed by atoms with Crippen molar-refractivity contribution in [3.63, 3.8) is 0 Å². The van der Waals surface area contributed by atoms with Crippen molar-refractivity contribution in [1.82, 2.24) is 10.2 Å². The molecular weight excluding hydrogens is 579 g/mol. The van der Waals surface area contributed by atoms with Crippen molar-refractivity contribution in [1.29, 1.82) is 0 Å². The fraction of sp³-hybridized carbons (Fsp3) is 0.375. The molecule has 1 aliphatic rings. The molecule has 0 radical (unpaired) electrons. The number of amides is 2. The Morgan fingerprint density at radius 3 is 2.23 bits per heavy atom. The Kier molecular flexibility index (Phi) is 10.2. The molecule has 0 aromatic heterocycles. The zero-order valence-corrected chi connectivity index (χ0v) is 25.0. The van der Waals surface area contributed by atoms with E-state index in [0.717, 1.165) is 48.9 Å². The van der Waals surface area contributed by atoms with E-state index in [4.69, 9.17) is 0 Å². The van der Waals surface area contributed by atoms with Crippen LogP contribution in [0.3, 0.4) is 0 Å². The van der Waals surface area contributed by atoms with Crippen LogP contribution in [-0.2, 0) is 32.2 Å². The number of nitrogens with one attached hydrogen (secondary N) is 1. The lowest BCUT2D eigenvalue weighted by atomic mass is 10.1. The molecule has 1 aliphatic carbocycles. The monoisotopic (exact) mass is 615 g/mol. The Balaban J connectivity index is 1.69. The molecule has 0 saturated heterocycles. The molecule has 4 rings (SSSR count). The first kappa shape index (κ1) is 32.1. The predicted molar refractivity (Wildman–Crippen MR) is 159 cm³/mol. The number of anilines is 1. The number of nitrogens with zero attached hydrogens (tertiary/aromatic N) is 2. The maximum atomic E-state index is 14.0. The number of aryl methyl sites for hydroxylation is 1. The number of halogens is 3. The number of benzene rings is 3. The van der Waals surface area contributed by atoms with E-state index in [1.54, 1.807) is 26.0 Å². The van der Waals surface area contributed by atoms with Crippen LogP contribution in [0.1, 0.15) is 49.3 Å². The van der Waals surface area contributed by atoms with E-state index in [1.807, 2.05) is 30.3 Å². The molecule has 0 spiro atoms. The van der Waals surface area contributed by atoms with Crippen molar-refractivity contribution in [3.05, 3.63) is 95.6 Å². The van der Waals surface area contributed by atoms with E-state index < -0.39 is 40.3 Å². The molecule has 1 N–H and O–H groups in total. The van der Waals surface area contributed by atoms with Crippen molar-refractivity contribution in [2.75, 3.05) is 17.4 Å². The summed E-state index contributed by atoms with van der Waals surface area (Å²) in [7, 11) is -4.48. The van der Waals surface area contributed by atoms with E-state index in [-0.39, 0.29) is 29.1 Å². The molecule has 230 valence electrons. The molecule has 2 amide bonds. The third kappa shape index (κ3) is 8.16. The van der Waals surface area contributed by atoms with Crippen LogP contribution in [0.5, 0.6) is 0 Å². The van der Waals surface area contributed by atoms with Gasteiger partial charge in [0.05, 0.1) is 16.1 Å². The van der Waals surface area contributed by atoms with Gasteiger partial charge in [-0.05, 0) is 69.0 Å². The first-order valence-electron chi connectivity index (χ1n) is 14.3. The van der Waals surface area contributed by atoms with Gasteiger partial charge in [0.1, 0.15) is 12.6 Å². The largest absolute Gasteiger partial charge is 0.416 e. The Morgan fingerprint density at radius 1 is 0.953 bits per heavy atom. The van der Waals surface area contributed by atoms with Gasteiger partial charge in [-0.2, -0.15) is 13.2 Å². The minimum Gasteiger partial charge on any atom is -0.352 e. The molecule has 43 heavy (non-hydrogen) atoms. The molecule has 7 nitrogen and oxygen atoms in total. The van der Waals surface area contributed by atoms with E-state index in [1.165, 1.54) is 23.1 Å². The van der Waals surface area contributed by atoms with Gasteiger partial charge in [0.15, 0.2) is 0 Å². The summed E-state index contributed by atoms with van der Waals surface area (Å²) in [6, 6.07) is 18.1. The molecular formula is C32H36F3N3O4S. The molecule has 0 heterocycles. The lowest BCUT2D eigenvalue weighted by Crippen LogP contribution is -2.53. The summed E-state index contributed by atoms with van der Waals surface area (Å²) in [5.74, 6) is -1.07. The summed E-state index contributed by atoms with van der Waals surface area (Å²) in [4.78, 5) is 28.4. The predicted octanol–water partition coefficient (Wildman–Crippen LogP) is 5.73. The molecule has 1 fully saturated rings. The second-order valence-electron chi connectivity index (χ2n) is 10.9. The average Bonchev–Trinajstić information content (AvgIpc) is 3.49. The number of rotatable bonds is 11. The molecule has 3 aromatic rings. The lowest BCUT2D eigenvalue weighted by Gasteiger charge is -2.32. The highest BCUT2D eigenvalue weighted by molar-refractivity contribution is 7.92. The first-order valence-corrected chi connectivity index (χ1v) is 15.7. The summed E-state index contributed by atoms with van der Waals surface area (Å²) in [5, 5.41) is 2.99. The standard InChI is InChI=1S/C32H36F3N3O4S/c1-23-15-17-29(18-16-23)43(41,42)38(28-14-8-11-26(21-28)32(33,34)35)22-30(39)37(20-19-25-9-4-3-5-10-25)24(2)31(40)36-27-12-6-7-13-27/h3-5,8-11,14-18,21,24,27H,6-7,12-13,19-20,22H2,1-2H3,(H,36,40). The van der Waals surface area contributed by atoms with Gasteiger partial charge in [0.25, 0.3) is 10.0 Å². The number of carbonyl (C=O) groups is 2. The van der Waals surface area contributed by atoms with Gasteiger partial charge in [-0.1, -0.05) is 66.9 Å². The van der Waals surface area contributed by atoms with Gasteiger partial charge in [-0.3, -0.25) is 13.9 Å². The van der Waals surface area contributed by atoms with Crippen molar-refractivity contribution in [2.45, 2.75) is 69.1 Å². The van der Waals surface area contributed by atoms with Crippen molar-refractivity contribution >= 4 is 27.5 Å². The second kappa shape index (κ2) is 13.6. The summed E-state index contributed by atoms with van der Waals surface area (Å²) in [6.45, 7) is 2.65. The smallest absolute Gasteiger partial charge is 0.352 e. The number of carbonyl (C=O) groups excluding carboxylic acids is 2. The van der Waals surface area contributed by atoms with E-state index in [0.29, 0.717) is 16.8 Å². The SMILES string of the molecule is Cc1ccc(S(=O)(=O)N(CC(=O)N(CCc2ccccc2)C(C)C(=O)NC2CCCC2)c2cccc(C(F)(F)F)c2)cc1. The van der Waals surface area contributed by atoms with Crippen LogP contribution in [0, 0.1) is 6.92 Å². The van der Waals surface area contributed by atoms with Gasteiger partial charge < -0.3 is 10.2 Å². The quantitative estimate of drug-likeness (QED) is 0.299. The minimum absolute atomic E-state index is 0.00421. The number of sulfonamides is 1. The Labute approximate surface area is 250 Å². The lowest BCUT2D eigenvalue weighted by molar-refractivity contribution is -0.139. The first-order chi connectivity index (χ1) is 20.4. The summed E-state index contributed by atoms with van der Waals surface area (Å²) < 4.78 is 69.3. The highest BCUT2D eigenvalue weighted by Crippen LogP contribution is 2.33. The normalized spacial score (nSPS) is 14.7. The summed E-state index contributed by atoms with van der Waals surface area (Å²) in [6.07, 6.45) is -0.656. The topological polar surface area (TPSA) is 86.8 Å². The molecule has 0 bridgehead atoms. The van der Waals surface area contributed by atoms with Crippen molar-refractivity contribution < 1.29 is 31.2 Å². The number of alkyl halides is 3. The molecule has 3 aromatic carbocycles.